The number of fused-ring (bicyclic) bond motifs is 1. The largest absolute Gasteiger partial charge is 0.477 e. The summed E-state index contributed by atoms with van der Waals surface area (Å²) in [5.74, 6) is -0.940. The number of aromatic carboxylic acids is 1. The van der Waals surface area contributed by atoms with Crippen molar-refractivity contribution >= 4 is 16.9 Å². The van der Waals surface area contributed by atoms with Crippen LogP contribution >= 0.6 is 0 Å². The minimum Gasteiger partial charge on any atom is -0.477 e. The van der Waals surface area contributed by atoms with Crippen molar-refractivity contribution in [3.05, 3.63) is 60.3 Å². The smallest absolute Gasteiger partial charge is 0.352 e. The molecule has 1 aromatic heterocycles. The summed E-state index contributed by atoms with van der Waals surface area (Å²) in [6.45, 7) is 16.0. The van der Waals surface area contributed by atoms with E-state index in [4.69, 9.17) is 0 Å². The highest BCUT2D eigenvalue weighted by molar-refractivity contribution is 6.07. The van der Waals surface area contributed by atoms with E-state index in [1.54, 1.807) is 0 Å². The number of benzene rings is 2. The van der Waals surface area contributed by atoms with Crippen LogP contribution in [-0.4, -0.2) is 16.1 Å². The molecule has 3 nitrogen and oxygen atoms in total. The van der Waals surface area contributed by atoms with Gasteiger partial charge < -0.3 is 10.1 Å². The van der Waals surface area contributed by atoms with Gasteiger partial charge in [0.25, 0.3) is 0 Å². The van der Waals surface area contributed by atoms with Crippen molar-refractivity contribution in [2.45, 2.75) is 55.4 Å². The summed E-state index contributed by atoms with van der Waals surface area (Å²) < 4.78 is 0. The van der Waals surface area contributed by atoms with E-state index >= 15 is 0 Å². The third kappa shape index (κ3) is 6.75. The molecule has 3 rings (SSSR count). The maximum absolute atomic E-state index is 11.3. The summed E-state index contributed by atoms with van der Waals surface area (Å²) in [4.78, 5) is 14.3. The lowest BCUT2D eigenvalue weighted by Gasteiger charge is -2.01. The van der Waals surface area contributed by atoms with Gasteiger partial charge in [0.2, 0.25) is 0 Å². The molecule has 0 radical (unpaired) electrons. The Hall–Kier alpha value is -2.55. The predicted molar refractivity (Wildman–Crippen MR) is 116 cm³/mol. The Labute approximate surface area is 159 Å². The average molecular weight is 358 g/mol. The number of H-pyrrole nitrogens is 1. The number of aromatic nitrogens is 1. The molecule has 0 fully saturated rings. The quantitative estimate of drug-likeness (QED) is 0.495. The van der Waals surface area contributed by atoms with Gasteiger partial charge in [-0.25, -0.2) is 4.79 Å². The Morgan fingerprint density at radius 3 is 1.69 bits per heavy atom. The summed E-state index contributed by atoms with van der Waals surface area (Å²) in [5.41, 5.74) is 2.74. The molecule has 1 heterocycles. The number of carboxylic acid groups (broad SMARTS) is 1. The lowest BCUT2D eigenvalue weighted by atomic mass is 10.0. The fourth-order valence-corrected chi connectivity index (χ4v) is 2.21. The van der Waals surface area contributed by atoms with E-state index in [0.717, 1.165) is 22.0 Å². The highest BCUT2D eigenvalue weighted by Crippen LogP contribution is 2.32. The van der Waals surface area contributed by atoms with Crippen LogP contribution in [0.25, 0.3) is 22.0 Å². The Bertz CT molecular complexity index is 715. The first-order valence-electron chi connectivity index (χ1n) is 9.67. The van der Waals surface area contributed by atoms with E-state index in [-0.39, 0.29) is 5.69 Å². The van der Waals surface area contributed by atoms with Gasteiger partial charge in [-0.05, 0) is 11.6 Å². The maximum Gasteiger partial charge on any atom is 0.352 e. The van der Waals surface area contributed by atoms with Crippen LogP contribution in [0.3, 0.4) is 0 Å². The molecule has 0 spiro atoms. The first-order chi connectivity index (χ1) is 12.8. The molecule has 0 unspecified atom stereocenters. The molecule has 0 atom stereocenters. The number of hydrogen-bond acceptors (Lipinski definition) is 1. The third-order valence-electron chi connectivity index (χ3n) is 2.98. The summed E-state index contributed by atoms with van der Waals surface area (Å²) in [6.07, 6.45) is 0. The zero-order valence-corrected chi connectivity index (χ0v) is 17.6. The first kappa shape index (κ1) is 25.7. The summed E-state index contributed by atoms with van der Waals surface area (Å²) in [7, 11) is 0. The van der Waals surface area contributed by atoms with Crippen LogP contribution in [0.4, 0.5) is 0 Å². The van der Waals surface area contributed by atoms with Crippen LogP contribution in [0.1, 0.15) is 65.9 Å². The third-order valence-corrected chi connectivity index (χ3v) is 2.98. The van der Waals surface area contributed by atoms with E-state index in [1.807, 2.05) is 110 Å². The van der Waals surface area contributed by atoms with Crippen LogP contribution in [-0.2, 0) is 0 Å². The highest BCUT2D eigenvalue weighted by atomic mass is 16.4. The number of nitrogens with one attached hydrogen (secondary N) is 1. The molecule has 0 saturated carbocycles. The van der Waals surface area contributed by atoms with Gasteiger partial charge in [0, 0.05) is 16.5 Å². The van der Waals surface area contributed by atoms with Gasteiger partial charge in [-0.15, -0.1) is 0 Å². The molecule has 26 heavy (non-hydrogen) atoms. The Balaban J connectivity index is 0. The van der Waals surface area contributed by atoms with Crippen molar-refractivity contribution in [3.8, 4) is 11.1 Å². The standard InChI is InChI=1S/C15H11NO2.4C2H6/c17-15(18)14-13(10-6-2-1-3-7-10)11-8-4-5-9-12(11)16-14;4*1-2/h1-9,16H,(H,17,18);4*1-2H3. The molecule has 144 valence electrons. The lowest BCUT2D eigenvalue weighted by molar-refractivity contribution is 0.0692. The zero-order chi connectivity index (χ0) is 20.5. The summed E-state index contributed by atoms with van der Waals surface area (Å²) >= 11 is 0. The Morgan fingerprint density at radius 1 is 0.731 bits per heavy atom. The van der Waals surface area contributed by atoms with Gasteiger partial charge in [-0.2, -0.15) is 0 Å². The van der Waals surface area contributed by atoms with Gasteiger partial charge >= 0.3 is 5.97 Å². The fraction of sp³-hybridized carbons (Fsp3) is 0.348. The van der Waals surface area contributed by atoms with Crippen molar-refractivity contribution in [1.29, 1.82) is 0 Å². The molecule has 3 aromatic rings. The van der Waals surface area contributed by atoms with Gasteiger partial charge in [-0.1, -0.05) is 104 Å². The molecular formula is C23H35NO2. The molecule has 2 aromatic carbocycles. The zero-order valence-electron chi connectivity index (χ0n) is 17.6. The number of carboxylic acids is 1. The fourth-order valence-electron chi connectivity index (χ4n) is 2.21. The van der Waals surface area contributed by atoms with Gasteiger partial charge in [0.05, 0.1) is 0 Å². The summed E-state index contributed by atoms with van der Waals surface area (Å²) in [6, 6.07) is 17.2. The number of hydrogen-bond donors (Lipinski definition) is 2. The van der Waals surface area contributed by atoms with Crippen LogP contribution < -0.4 is 0 Å². The molecule has 0 saturated heterocycles. The highest BCUT2D eigenvalue weighted by Gasteiger charge is 2.17. The van der Waals surface area contributed by atoms with Crippen molar-refractivity contribution in [2.24, 2.45) is 0 Å². The topological polar surface area (TPSA) is 53.1 Å². The van der Waals surface area contributed by atoms with Crippen molar-refractivity contribution in [3.63, 3.8) is 0 Å². The second-order valence-corrected chi connectivity index (χ2v) is 4.09. The van der Waals surface area contributed by atoms with Crippen LogP contribution in [0.15, 0.2) is 54.6 Å². The van der Waals surface area contributed by atoms with Crippen LogP contribution in [0, 0.1) is 0 Å². The molecule has 0 amide bonds. The van der Waals surface area contributed by atoms with Crippen LogP contribution in [0.5, 0.6) is 0 Å². The Morgan fingerprint density at radius 2 is 1.19 bits per heavy atom. The maximum atomic E-state index is 11.3. The number of carbonyl (C=O) groups is 1. The molecule has 2 N–H and O–H groups in total. The van der Waals surface area contributed by atoms with Crippen molar-refractivity contribution < 1.29 is 9.90 Å². The number of aromatic amines is 1. The van der Waals surface area contributed by atoms with Gasteiger partial charge in [-0.3, -0.25) is 0 Å². The number of para-hydroxylation sites is 1. The van der Waals surface area contributed by atoms with Crippen LogP contribution in [0.2, 0.25) is 0 Å². The molecule has 0 aliphatic heterocycles. The van der Waals surface area contributed by atoms with E-state index < -0.39 is 5.97 Å². The summed E-state index contributed by atoms with van der Waals surface area (Å²) in [5, 5.41) is 10.2. The molecule has 3 heteroatoms. The van der Waals surface area contributed by atoms with E-state index in [9.17, 15) is 9.90 Å². The monoisotopic (exact) mass is 357 g/mol. The van der Waals surface area contributed by atoms with E-state index in [0.29, 0.717) is 0 Å². The van der Waals surface area contributed by atoms with Gasteiger partial charge in [0.1, 0.15) is 5.69 Å². The molecule has 0 bridgehead atoms. The Kier molecular flexibility index (Phi) is 15.8. The van der Waals surface area contributed by atoms with E-state index in [1.165, 1.54) is 0 Å². The molecule has 0 aliphatic carbocycles. The van der Waals surface area contributed by atoms with Crippen molar-refractivity contribution in [1.82, 2.24) is 4.98 Å². The second kappa shape index (κ2) is 15.9. The normalized spacial score (nSPS) is 8.31. The van der Waals surface area contributed by atoms with Crippen molar-refractivity contribution in [2.75, 3.05) is 0 Å². The minimum atomic E-state index is -0.940. The second-order valence-electron chi connectivity index (χ2n) is 4.09. The SMILES string of the molecule is CC.CC.CC.CC.O=C(O)c1[nH]c2ccccc2c1-c1ccccc1. The number of rotatable bonds is 2. The predicted octanol–water partition coefficient (Wildman–Crippen LogP) is 7.64. The van der Waals surface area contributed by atoms with E-state index in [2.05, 4.69) is 4.98 Å². The minimum absolute atomic E-state index is 0.238. The first-order valence-corrected chi connectivity index (χ1v) is 9.67. The molecular weight excluding hydrogens is 322 g/mol. The lowest BCUT2D eigenvalue weighted by Crippen LogP contribution is -1.98. The van der Waals surface area contributed by atoms with Gasteiger partial charge in [0.15, 0.2) is 0 Å². The molecule has 0 aliphatic rings. The average Bonchev–Trinajstić information content (AvgIpc) is 3.15.